The van der Waals surface area contributed by atoms with E-state index in [9.17, 15) is 4.79 Å². The van der Waals surface area contributed by atoms with E-state index < -0.39 is 0 Å². The summed E-state index contributed by atoms with van der Waals surface area (Å²) in [6, 6.07) is 4.11. The zero-order chi connectivity index (χ0) is 14.7. The van der Waals surface area contributed by atoms with E-state index >= 15 is 0 Å². The molecule has 2 aromatic rings. The first kappa shape index (κ1) is 14.3. The number of hydrogen-bond acceptors (Lipinski definition) is 5. The lowest BCUT2D eigenvalue weighted by molar-refractivity contribution is -0.121. The maximum absolute atomic E-state index is 12.1. The van der Waals surface area contributed by atoms with Gasteiger partial charge in [-0.2, -0.15) is 0 Å². The molecular formula is C15H19N3O2S. The highest BCUT2D eigenvalue weighted by molar-refractivity contribution is 7.13. The molecule has 0 spiro atoms. The van der Waals surface area contributed by atoms with E-state index in [1.807, 2.05) is 17.5 Å². The van der Waals surface area contributed by atoms with E-state index in [0.29, 0.717) is 17.5 Å². The minimum atomic E-state index is 0.00146. The quantitative estimate of drug-likeness (QED) is 0.907. The van der Waals surface area contributed by atoms with Gasteiger partial charge in [0.05, 0.1) is 17.0 Å². The fourth-order valence-corrected chi connectivity index (χ4v) is 3.16. The van der Waals surface area contributed by atoms with Gasteiger partial charge in [0.1, 0.15) is 6.26 Å². The summed E-state index contributed by atoms with van der Waals surface area (Å²) in [5, 5.41) is 8.37. The molecule has 2 atom stereocenters. The van der Waals surface area contributed by atoms with Gasteiger partial charge in [-0.05, 0) is 30.3 Å². The van der Waals surface area contributed by atoms with Crippen molar-refractivity contribution in [2.24, 2.45) is 5.92 Å². The number of amides is 1. The Morgan fingerprint density at radius 3 is 3.29 bits per heavy atom. The largest absolute Gasteiger partial charge is 0.444 e. The third-order valence-electron chi connectivity index (χ3n) is 3.80. The molecule has 3 rings (SSSR count). The summed E-state index contributed by atoms with van der Waals surface area (Å²) >= 11 is 1.57. The van der Waals surface area contributed by atoms with Crippen LogP contribution < -0.4 is 10.6 Å². The van der Waals surface area contributed by atoms with Crippen LogP contribution in [0.25, 0.3) is 10.8 Å². The SMILES string of the molecule is CC1CCNCC1NC(=O)Cc1coc(-c2cccs2)n1. The van der Waals surface area contributed by atoms with Gasteiger partial charge in [-0.25, -0.2) is 4.98 Å². The molecule has 0 aromatic carbocycles. The number of thiophene rings is 1. The lowest BCUT2D eigenvalue weighted by Gasteiger charge is -2.30. The van der Waals surface area contributed by atoms with Crippen molar-refractivity contribution in [2.45, 2.75) is 25.8 Å². The zero-order valence-corrected chi connectivity index (χ0v) is 12.8. The molecule has 1 aliphatic rings. The van der Waals surface area contributed by atoms with Crippen LogP contribution in [0.2, 0.25) is 0 Å². The minimum Gasteiger partial charge on any atom is -0.444 e. The number of oxazole rings is 1. The van der Waals surface area contributed by atoms with Gasteiger partial charge in [0.25, 0.3) is 0 Å². The second-order valence-electron chi connectivity index (χ2n) is 5.44. The molecular weight excluding hydrogens is 286 g/mol. The number of hydrogen-bond donors (Lipinski definition) is 2. The predicted octanol–water partition coefficient (Wildman–Crippen LogP) is 2.06. The Balaban J connectivity index is 1.57. The fraction of sp³-hybridized carbons (Fsp3) is 0.467. The van der Waals surface area contributed by atoms with Crippen LogP contribution in [0.1, 0.15) is 19.0 Å². The van der Waals surface area contributed by atoms with E-state index in [2.05, 4.69) is 22.5 Å². The molecule has 1 saturated heterocycles. The standard InChI is InChI=1S/C15H19N3O2S/c1-10-4-5-16-8-12(10)18-14(19)7-11-9-20-15(17-11)13-3-2-6-21-13/h2-3,6,9-10,12,16H,4-5,7-8H2,1H3,(H,18,19). The molecule has 3 heterocycles. The van der Waals surface area contributed by atoms with Gasteiger partial charge in [-0.3, -0.25) is 4.79 Å². The predicted molar refractivity (Wildman–Crippen MR) is 82.1 cm³/mol. The number of carbonyl (C=O) groups excluding carboxylic acids is 1. The summed E-state index contributed by atoms with van der Waals surface area (Å²) in [7, 11) is 0. The van der Waals surface area contributed by atoms with Crippen LogP contribution in [-0.4, -0.2) is 30.0 Å². The van der Waals surface area contributed by atoms with Crippen molar-refractivity contribution in [3.63, 3.8) is 0 Å². The van der Waals surface area contributed by atoms with E-state index in [-0.39, 0.29) is 18.4 Å². The van der Waals surface area contributed by atoms with E-state index in [0.717, 1.165) is 24.4 Å². The molecule has 2 unspecified atom stereocenters. The monoisotopic (exact) mass is 305 g/mol. The molecule has 2 N–H and O–H groups in total. The first-order valence-corrected chi connectivity index (χ1v) is 8.08. The summed E-state index contributed by atoms with van der Waals surface area (Å²) in [6.45, 7) is 4.05. The van der Waals surface area contributed by atoms with Crippen molar-refractivity contribution in [3.05, 3.63) is 29.5 Å². The molecule has 0 bridgehead atoms. The van der Waals surface area contributed by atoms with Crippen LogP contribution in [0, 0.1) is 5.92 Å². The van der Waals surface area contributed by atoms with E-state index in [1.165, 1.54) is 0 Å². The van der Waals surface area contributed by atoms with Crippen LogP contribution >= 0.6 is 11.3 Å². The van der Waals surface area contributed by atoms with Gasteiger partial charge in [0.2, 0.25) is 11.8 Å². The van der Waals surface area contributed by atoms with Gasteiger partial charge in [-0.15, -0.1) is 11.3 Å². The van der Waals surface area contributed by atoms with Gasteiger partial charge in [0.15, 0.2) is 0 Å². The van der Waals surface area contributed by atoms with Crippen LogP contribution in [0.15, 0.2) is 28.2 Å². The van der Waals surface area contributed by atoms with E-state index in [4.69, 9.17) is 4.42 Å². The Morgan fingerprint density at radius 1 is 1.62 bits per heavy atom. The summed E-state index contributed by atoms with van der Waals surface area (Å²) in [5.74, 6) is 1.09. The smallest absolute Gasteiger partial charge is 0.236 e. The Labute approximate surface area is 127 Å². The number of piperidine rings is 1. The summed E-state index contributed by atoms with van der Waals surface area (Å²) in [4.78, 5) is 17.5. The molecule has 6 heteroatoms. The normalized spacial score (nSPS) is 22.1. The molecule has 112 valence electrons. The molecule has 0 radical (unpaired) electrons. The number of carbonyl (C=O) groups is 1. The van der Waals surface area contributed by atoms with Gasteiger partial charge in [0, 0.05) is 12.6 Å². The minimum absolute atomic E-state index is 0.00146. The maximum Gasteiger partial charge on any atom is 0.236 e. The molecule has 0 saturated carbocycles. The highest BCUT2D eigenvalue weighted by Gasteiger charge is 2.23. The van der Waals surface area contributed by atoms with Gasteiger partial charge >= 0.3 is 0 Å². The Bertz CT molecular complexity index is 594. The number of nitrogens with one attached hydrogen (secondary N) is 2. The molecule has 2 aromatic heterocycles. The first-order chi connectivity index (χ1) is 10.2. The Kier molecular flexibility index (Phi) is 4.36. The van der Waals surface area contributed by atoms with Gasteiger partial charge in [-0.1, -0.05) is 13.0 Å². The second kappa shape index (κ2) is 6.41. The van der Waals surface area contributed by atoms with Crippen LogP contribution in [0.4, 0.5) is 0 Å². The third kappa shape index (κ3) is 3.51. The summed E-state index contributed by atoms with van der Waals surface area (Å²) < 4.78 is 5.43. The van der Waals surface area contributed by atoms with Crippen molar-refractivity contribution in [2.75, 3.05) is 13.1 Å². The zero-order valence-electron chi connectivity index (χ0n) is 12.0. The fourth-order valence-electron chi connectivity index (χ4n) is 2.51. The second-order valence-corrected chi connectivity index (χ2v) is 6.39. The molecule has 1 amide bonds. The first-order valence-electron chi connectivity index (χ1n) is 7.21. The molecule has 5 nitrogen and oxygen atoms in total. The molecule has 21 heavy (non-hydrogen) atoms. The van der Waals surface area contributed by atoms with Crippen molar-refractivity contribution in [3.8, 4) is 10.8 Å². The Morgan fingerprint density at radius 2 is 2.52 bits per heavy atom. The summed E-state index contributed by atoms with van der Waals surface area (Å²) in [5.41, 5.74) is 0.673. The molecule has 1 aliphatic heterocycles. The topological polar surface area (TPSA) is 67.2 Å². The van der Waals surface area contributed by atoms with Crippen LogP contribution in [0.5, 0.6) is 0 Å². The highest BCUT2D eigenvalue weighted by atomic mass is 32.1. The average molecular weight is 305 g/mol. The van der Waals surface area contributed by atoms with E-state index in [1.54, 1.807) is 17.6 Å². The van der Waals surface area contributed by atoms with Crippen molar-refractivity contribution >= 4 is 17.2 Å². The van der Waals surface area contributed by atoms with Gasteiger partial charge < -0.3 is 15.1 Å². The van der Waals surface area contributed by atoms with Crippen molar-refractivity contribution < 1.29 is 9.21 Å². The summed E-state index contributed by atoms with van der Waals surface area (Å²) in [6.07, 6.45) is 2.92. The third-order valence-corrected chi connectivity index (χ3v) is 4.66. The highest BCUT2D eigenvalue weighted by Crippen LogP contribution is 2.23. The van der Waals surface area contributed by atoms with Crippen molar-refractivity contribution in [1.82, 2.24) is 15.6 Å². The Hall–Kier alpha value is -1.66. The lowest BCUT2D eigenvalue weighted by Crippen LogP contribution is -2.50. The van der Waals surface area contributed by atoms with Crippen LogP contribution in [0.3, 0.4) is 0 Å². The number of nitrogens with zero attached hydrogens (tertiary/aromatic N) is 1. The van der Waals surface area contributed by atoms with Crippen molar-refractivity contribution in [1.29, 1.82) is 0 Å². The molecule has 1 fully saturated rings. The maximum atomic E-state index is 12.1. The van der Waals surface area contributed by atoms with Crippen LogP contribution in [-0.2, 0) is 11.2 Å². The molecule has 0 aliphatic carbocycles. The average Bonchev–Trinajstić information content (AvgIpc) is 3.12. The lowest BCUT2D eigenvalue weighted by atomic mass is 9.95. The number of aromatic nitrogens is 1. The number of rotatable bonds is 4.